The first kappa shape index (κ1) is 12.8. The van der Waals surface area contributed by atoms with E-state index in [1.807, 2.05) is 0 Å². The van der Waals surface area contributed by atoms with Gasteiger partial charge in [0.1, 0.15) is 0 Å². The molecule has 0 radical (unpaired) electrons. The molecule has 84 valence electrons. The van der Waals surface area contributed by atoms with Crippen LogP contribution >= 0.6 is 24.8 Å². The molecule has 1 aromatic carbocycles. The molecule has 0 aromatic heterocycles. The van der Waals surface area contributed by atoms with Crippen molar-refractivity contribution in [3.8, 4) is 0 Å². The molecule has 1 aliphatic heterocycles. The van der Waals surface area contributed by atoms with Gasteiger partial charge in [0.05, 0.1) is 0 Å². The zero-order valence-electron chi connectivity index (χ0n) is 8.40. The molecule has 0 unspecified atom stereocenters. The number of nitrogens with one attached hydrogen (secondary N) is 1. The second kappa shape index (κ2) is 4.30. The fourth-order valence-electron chi connectivity index (χ4n) is 2.61. The van der Waals surface area contributed by atoms with E-state index in [9.17, 15) is 0 Å². The Morgan fingerprint density at radius 1 is 1.20 bits per heavy atom. The summed E-state index contributed by atoms with van der Waals surface area (Å²) in [6, 6.07) is 8.83. The largest absolute Gasteiger partial charge is 0.323 e. The Hall–Kier alpha value is -0.280. The molecule has 0 amide bonds. The summed E-state index contributed by atoms with van der Waals surface area (Å²) in [5.41, 5.74) is 9.42. The summed E-state index contributed by atoms with van der Waals surface area (Å²) >= 11 is 0. The van der Waals surface area contributed by atoms with Gasteiger partial charge in [0.25, 0.3) is 0 Å². The third-order valence-electron chi connectivity index (χ3n) is 3.55. The number of halogens is 2. The van der Waals surface area contributed by atoms with Gasteiger partial charge in [-0.2, -0.15) is 0 Å². The summed E-state index contributed by atoms with van der Waals surface area (Å²) in [7, 11) is 0. The average Bonchev–Trinajstić information content (AvgIpc) is 2.40. The van der Waals surface area contributed by atoms with E-state index in [0.717, 1.165) is 19.5 Å². The van der Waals surface area contributed by atoms with Crippen LogP contribution in [0.3, 0.4) is 0 Å². The van der Waals surface area contributed by atoms with Gasteiger partial charge >= 0.3 is 0 Å². The molecule has 1 saturated heterocycles. The predicted molar refractivity (Wildman–Crippen MR) is 66.9 cm³/mol. The number of hydrogen-bond donors (Lipinski definition) is 2. The monoisotopic (exact) mass is 246 g/mol. The molecule has 1 fully saturated rings. The maximum atomic E-state index is 6.25. The van der Waals surface area contributed by atoms with Crippen LogP contribution in [-0.4, -0.2) is 13.1 Å². The van der Waals surface area contributed by atoms with Crippen molar-refractivity contribution < 1.29 is 0 Å². The van der Waals surface area contributed by atoms with Crippen LogP contribution in [0, 0.1) is 5.41 Å². The summed E-state index contributed by atoms with van der Waals surface area (Å²) in [5.74, 6) is 0. The lowest BCUT2D eigenvalue weighted by Gasteiger charge is -2.43. The van der Waals surface area contributed by atoms with E-state index in [4.69, 9.17) is 5.73 Å². The molecule has 1 spiro atoms. The molecule has 4 heteroatoms. The topological polar surface area (TPSA) is 38.0 Å². The molecule has 1 heterocycles. The molecule has 1 aromatic rings. The van der Waals surface area contributed by atoms with Gasteiger partial charge in [-0.1, -0.05) is 24.3 Å². The van der Waals surface area contributed by atoms with Crippen molar-refractivity contribution in [2.75, 3.05) is 13.1 Å². The van der Waals surface area contributed by atoms with E-state index in [2.05, 4.69) is 29.6 Å². The first-order valence-corrected chi connectivity index (χ1v) is 4.86. The number of nitrogens with two attached hydrogens (primary N) is 1. The van der Waals surface area contributed by atoms with Crippen LogP contribution in [0.2, 0.25) is 0 Å². The van der Waals surface area contributed by atoms with Crippen molar-refractivity contribution in [3.05, 3.63) is 35.4 Å². The van der Waals surface area contributed by atoms with Gasteiger partial charge in [-0.3, -0.25) is 0 Å². The molecular weight excluding hydrogens is 231 g/mol. The molecule has 2 aliphatic rings. The second-order valence-corrected chi connectivity index (χ2v) is 4.32. The van der Waals surface area contributed by atoms with Crippen LogP contribution in [0.25, 0.3) is 0 Å². The molecular formula is C11H16Cl2N2. The minimum Gasteiger partial charge on any atom is -0.323 e. The average molecular weight is 247 g/mol. The third-order valence-corrected chi connectivity index (χ3v) is 3.55. The van der Waals surface area contributed by atoms with E-state index < -0.39 is 0 Å². The molecule has 1 atom stereocenters. The fraction of sp³-hybridized carbons (Fsp3) is 0.455. The highest BCUT2D eigenvalue weighted by atomic mass is 35.5. The van der Waals surface area contributed by atoms with Gasteiger partial charge in [-0.15, -0.1) is 24.8 Å². The minimum absolute atomic E-state index is 0. The van der Waals surface area contributed by atoms with Crippen LogP contribution in [-0.2, 0) is 6.42 Å². The van der Waals surface area contributed by atoms with Crippen molar-refractivity contribution in [1.82, 2.24) is 5.32 Å². The van der Waals surface area contributed by atoms with Gasteiger partial charge < -0.3 is 11.1 Å². The van der Waals surface area contributed by atoms with E-state index in [1.165, 1.54) is 11.1 Å². The summed E-state index contributed by atoms with van der Waals surface area (Å²) in [4.78, 5) is 0. The standard InChI is InChI=1S/C11H14N2.2ClH/c12-10-9-4-2-1-3-8(9)5-11(10)6-13-7-11;;/h1-4,10,13H,5-7,12H2;2*1H/t10-;;/m0../s1. The molecule has 1 aliphatic carbocycles. The van der Waals surface area contributed by atoms with Gasteiger partial charge in [0, 0.05) is 24.5 Å². The smallest absolute Gasteiger partial charge is 0.0382 e. The second-order valence-electron chi connectivity index (χ2n) is 4.32. The van der Waals surface area contributed by atoms with Gasteiger partial charge in [-0.05, 0) is 17.5 Å². The predicted octanol–water partition coefficient (Wildman–Crippen LogP) is 1.68. The SMILES string of the molecule is Cl.Cl.N[C@H]1c2ccccc2CC12CNC2. The summed E-state index contributed by atoms with van der Waals surface area (Å²) in [6.45, 7) is 2.17. The normalized spacial score (nSPS) is 24.7. The Morgan fingerprint density at radius 2 is 1.87 bits per heavy atom. The van der Waals surface area contributed by atoms with Gasteiger partial charge in [0.15, 0.2) is 0 Å². The lowest BCUT2D eigenvalue weighted by molar-refractivity contribution is 0.143. The molecule has 15 heavy (non-hydrogen) atoms. The lowest BCUT2D eigenvalue weighted by atomic mass is 9.76. The van der Waals surface area contributed by atoms with Gasteiger partial charge in [-0.25, -0.2) is 0 Å². The van der Waals surface area contributed by atoms with Crippen LogP contribution in [0.15, 0.2) is 24.3 Å². The third kappa shape index (κ3) is 1.66. The zero-order valence-corrected chi connectivity index (χ0v) is 10.0. The zero-order chi connectivity index (χ0) is 8.89. The van der Waals surface area contributed by atoms with Crippen molar-refractivity contribution in [2.24, 2.45) is 11.1 Å². The van der Waals surface area contributed by atoms with Gasteiger partial charge in [0.2, 0.25) is 0 Å². The van der Waals surface area contributed by atoms with Crippen LogP contribution < -0.4 is 11.1 Å². The van der Waals surface area contributed by atoms with Crippen molar-refractivity contribution in [2.45, 2.75) is 12.5 Å². The van der Waals surface area contributed by atoms with Crippen LogP contribution in [0.1, 0.15) is 17.2 Å². The number of fused-ring (bicyclic) bond motifs is 1. The molecule has 3 rings (SSSR count). The lowest BCUT2D eigenvalue weighted by Crippen LogP contribution is -2.57. The summed E-state index contributed by atoms with van der Waals surface area (Å²) in [6.07, 6.45) is 1.16. The van der Waals surface area contributed by atoms with Crippen molar-refractivity contribution in [1.29, 1.82) is 0 Å². The molecule has 3 N–H and O–H groups in total. The summed E-state index contributed by atoms with van der Waals surface area (Å²) < 4.78 is 0. The Kier molecular flexibility index (Phi) is 3.67. The number of hydrogen-bond acceptors (Lipinski definition) is 2. The maximum Gasteiger partial charge on any atom is 0.0382 e. The fourth-order valence-corrected chi connectivity index (χ4v) is 2.61. The maximum absolute atomic E-state index is 6.25. The van der Waals surface area contributed by atoms with Crippen molar-refractivity contribution >= 4 is 24.8 Å². The van der Waals surface area contributed by atoms with Crippen molar-refractivity contribution in [3.63, 3.8) is 0 Å². The number of rotatable bonds is 0. The Morgan fingerprint density at radius 3 is 2.40 bits per heavy atom. The summed E-state index contributed by atoms with van der Waals surface area (Å²) in [5, 5.41) is 3.33. The first-order chi connectivity index (χ1) is 6.32. The minimum atomic E-state index is 0. The highest BCUT2D eigenvalue weighted by Gasteiger charge is 2.48. The molecule has 2 nitrogen and oxygen atoms in total. The van der Waals surface area contributed by atoms with Crippen LogP contribution in [0.5, 0.6) is 0 Å². The molecule has 0 saturated carbocycles. The van der Waals surface area contributed by atoms with Crippen LogP contribution in [0.4, 0.5) is 0 Å². The van der Waals surface area contributed by atoms with E-state index in [0.29, 0.717) is 5.41 Å². The van der Waals surface area contributed by atoms with E-state index >= 15 is 0 Å². The Balaban J connectivity index is 0.000000562. The Bertz CT molecular complexity index is 350. The first-order valence-electron chi connectivity index (χ1n) is 4.86. The van der Waals surface area contributed by atoms with E-state index in [1.54, 1.807) is 0 Å². The quantitative estimate of drug-likeness (QED) is 0.732. The van der Waals surface area contributed by atoms with E-state index in [-0.39, 0.29) is 30.9 Å². The number of benzene rings is 1. The highest BCUT2D eigenvalue weighted by Crippen LogP contribution is 2.46. The highest BCUT2D eigenvalue weighted by molar-refractivity contribution is 5.85. The Labute approximate surface area is 102 Å². The molecule has 0 bridgehead atoms.